The molecular formula is C12H23N. The molecule has 0 amide bonds. The van der Waals surface area contributed by atoms with Gasteiger partial charge in [-0.2, -0.15) is 0 Å². The van der Waals surface area contributed by atoms with Gasteiger partial charge in [0.2, 0.25) is 0 Å². The molecule has 2 aliphatic rings. The molecular weight excluding hydrogens is 158 g/mol. The Morgan fingerprint density at radius 2 is 1.69 bits per heavy atom. The minimum absolute atomic E-state index is 0.817. The molecule has 2 rings (SSSR count). The van der Waals surface area contributed by atoms with Gasteiger partial charge in [0, 0.05) is 0 Å². The van der Waals surface area contributed by atoms with Gasteiger partial charge in [0.25, 0.3) is 0 Å². The molecule has 0 radical (unpaired) electrons. The van der Waals surface area contributed by atoms with Crippen molar-refractivity contribution in [1.82, 2.24) is 5.32 Å². The fourth-order valence-electron chi connectivity index (χ4n) is 3.48. The lowest BCUT2D eigenvalue weighted by Crippen LogP contribution is -2.41. The summed E-state index contributed by atoms with van der Waals surface area (Å²) in [6.07, 6.45) is 12.1. The molecule has 0 heterocycles. The molecule has 2 aliphatic carbocycles. The van der Waals surface area contributed by atoms with Gasteiger partial charge in [0.1, 0.15) is 0 Å². The minimum atomic E-state index is 0.817. The lowest BCUT2D eigenvalue weighted by atomic mass is 9.58. The van der Waals surface area contributed by atoms with Crippen molar-refractivity contribution in [2.45, 2.75) is 51.4 Å². The summed E-state index contributed by atoms with van der Waals surface area (Å²) >= 11 is 0. The van der Waals surface area contributed by atoms with Crippen LogP contribution in [-0.2, 0) is 0 Å². The fourth-order valence-corrected chi connectivity index (χ4v) is 3.48. The van der Waals surface area contributed by atoms with Crippen LogP contribution in [0.15, 0.2) is 0 Å². The predicted molar refractivity (Wildman–Crippen MR) is 56.8 cm³/mol. The maximum absolute atomic E-state index is 3.31. The van der Waals surface area contributed by atoms with Gasteiger partial charge in [-0.3, -0.25) is 0 Å². The van der Waals surface area contributed by atoms with Crippen LogP contribution in [0.4, 0.5) is 0 Å². The summed E-state index contributed by atoms with van der Waals surface area (Å²) in [5.74, 6) is 1.00. The first-order valence-corrected chi connectivity index (χ1v) is 5.99. The first kappa shape index (κ1) is 9.51. The predicted octanol–water partition coefficient (Wildman–Crippen LogP) is 2.96. The third kappa shape index (κ3) is 2.07. The molecule has 0 unspecified atom stereocenters. The molecule has 0 aromatic carbocycles. The summed E-state index contributed by atoms with van der Waals surface area (Å²) in [6, 6.07) is 0. The van der Waals surface area contributed by atoms with Gasteiger partial charge < -0.3 is 5.32 Å². The Balaban J connectivity index is 1.79. The molecule has 0 aromatic rings. The fraction of sp³-hybridized carbons (Fsp3) is 1.00. The monoisotopic (exact) mass is 181 g/mol. The third-order valence-corrected chi connectivity index (χ3v) is 4.10. The zero-order valence-electron chi connectivity index (χ0n) is 8.94. The Morgan fingerprint density at radius 1 is 1.08 bits per heavy atom. The molecule has 0 atom stereocenters. The molecule has 0 aromatic heterocycles. The average Bonchev–Trinajstić information content (AvgIpc) is 2.29. The van der Waals surface area contributed by atoms with Gasteiger partial charge in [0.15, 0.2) is 0 Å². The van der Waals surface area contributed by atoms with Crippen LogP contribution in [-0.4, -0.2) is 13.6 Å². The highest BCUT2D eigenvalue weighted by molar-refractivity contribution is 4.94. The number of hydrogen-bond acceptors (Lipinski definition) is 1. The van der Waals surface area contributed by atoms with Crippen LogP contribution in [0.5, 0.6) is 0 Å². The normalized spacial score (nSPS) is 28.4. The van der Waals surface area contributed by atoms with Crippen LogP contribution >= 0.6 is 0 Å². The molecule has 2 fully saturated rings. The van der Waals surface area contributed by atoms with Crippen LogP contribution in [0, 0.1) is 11.3 Å². The van der Waals surface area contributed by atoms with Crippen LogP contribution in [0.3, 0.4) is 0 Å². The topological polar surface area (TPSA) is 12.0 Å². The second-order valence-corrected chi connectivity index (χ2v) is 5.25. The number of hydrogen-bond donors (Lipinski definition) is 1. The highest BCUT2D eigenvalue weighted by Crippen LogP contribution is 2.53. The average molecular weight is 181 g/mol. The Bertz CT molecular complexity index is 149. The molecule has 1 spiro atoms. The maximum Gasteiger partial charge on any atom is -0.00231 e. The Hall–Kier alpha value is -0.0400. The summed E-state index contributed by atoms with van der Waals surface area (Å²) < 4.78 is 0. The highest BCUT2D eigenvalue weighted by atomic mass is 14.8. The van der Waals surface area contributed by atoms with E-state index in [0.717, 1.165) is 11.3 Å². The first-order chi connectivity index (χ1) is 6.35. The van der Waals surface area contributed by atoms with Gasteiger partial charge in [-0.15, -0.1) is 0 Å². The zero-order chi connectivity index (χ0) is 9.15. The molecule has 1 heteroatoms. The van der Waals surface area contributed by atoms with Crippen LogP contribution < -0.4 is 5.32 Å². The molecule has 13 heavy (non-hydrogen) atoms. The second kappa shape index (κ2) is 4.00. The quantitative estimate of drug-likeness (QED) is 0.690. The van der Waals surface area contributed by atoms with Gasteiger partial charge in [-0.1, -0.05) is 25.7 Å². The second-order valence-electron chi connectivity index (χ2n) is 5.25. The molecule has 76 valence electrons. The summed E-state index contributed by atoms with van der Waals surface area (Å²) in [7, 11) is 2.08. The van der Waals surface area contributed by atoms with Crippen LogP contribution in [0.1, 0.15) is 51.4 Å². The summed E-state index contributed by atoms with van der Waals surface area (Å²) in [5, 5.41) is 3.31. The number of nitrogens with one attached hydrogen (secondary N) is 1. The van der Waals surface area contributed by atoms with Gasteiger partial charge in [0.05, 0.1) is 0 Å². The van der Waals surface area contributed by atoms with E-state index in [4.69, 9.17) is 0 Å². The van der Waals surface area contributed by atoms with E-state index >= 15 is 0 Å². The molecule has 0 bridgehead atoms. The van der Waals surface area contributed by atoms with E-state index in [-0.39, 0.29) is 0 Å². The van der Waals surface area contributed by atoms with E-state index in [1.165, 1.54) is 57.9 Å². The Labute approximate surface area is 82.3 Å². The molecule has 0 saturated heterocycles. The van der Waals surface area contributed by atoms with Crippen molar-refractivity contribution < 1.29 is 0 Å². The molecule has 1 N–H and O–H groups in total. The largest absolute Gasteiger partial charge is 0.319 e. The Kier molecular flexibility index (Phi) is 2.92. The zero-order valence-corrected chi connectivity index (χ0v) is 8.94. The van der Waals surface area contributed by atoms with E-state index in [9.17, 15) is 0 Å². The summed E-state index contributed by atoms with van der Waals surface area (Å²) in [6.45, 7) is 1.25. The van der Waals surface area contributed by atoms with E-state index in [1.807, 2.05) is 0 Å². The molecule has 1 nitrogen and oxygen atoms in total. The van der Waals surface area contributed by atoms with Crippen molar-refractivity contribution in [1.29, 1.82) is 0 Å². The summed E-state index contributed by atoms with van der Waals surface area (Å²) in [5.41, 5.74) is 0.817. The van der Waals surface area contributed by atoms with Crippen molar-refractivity contribution >= 4 is 0 Å². The Morgan fingerprint density at radius 3 is 2.23 bits per heavy atom. The number of rotatable bonds is 2. The van der Waals surface area contributed by atoms with Crippen LogP contribution in [0.2, 0.25) is 0 Å². The molecule has 0 aliphatic heterocycles. The van der Waals surface area contributed by atoms with Crippen molar-refractivity contribution in [3.63, 3.8) is 0 Å². The first-order valence-electron chi connectivity index (χ1n) is 5.99. The lowest BCUT2D eigenvalue weighted by molar-refractivity contribution is 0.0388. The van der Waals surface area contributed by atoms with Crippen molar-refractivity contribution in [3.8, 4) is 0 Å². The van der Waals surface area contributed by atoms with Gasteiger partial charge in [-0.25, -0.2) is 0 Å². The minimum Gasteiger partial charge on any atom is -0.319 e. The maximum atomic E-state index is 3.31. The summed E-state index contributed by atoms with van der Waals surface area (Å²) in [4.78, 5) is 0. The van der Waals surface area contributed by atoms with Gasteiger partial charge >= 0.3 is 0 Å². The standard InChI is InChI=1S/C12H23N/c1-13-10-11-8-12(9-11)6-4-2-3-5-7-12/h11,13H,2-10H2,1H3. The van der Waals surface area contributed by atoms with E-state index in [2.05, 4.69) is 12.4 Å². The van der Waals surface area contributed by atoms with Crippen LogP contribution in [0.25, 0.3) is 0 Å². The highest BCUT2D eigenvalue weighted by Gasteiger charge is 2.42. The van der Waals surface area contributed by atoms with E-state index in [1.54, 1.807) is 0 Å². The molecule has 2 saturated carbocycles. The van der Waals surface area contributed by atoms with Crippen molar-refractivity contribution in [2.24, 2.45) is 11.3 Å². The third-order valence-electron chi connectivity index (χ3n) is 4.10. The smallest absolute Gasteiger partial charge is 0.00231 e. The van der Waals surface area contributed by atoms with Crippen molar-refractivity contribution in [3.05, 3.63) is 0 Å². The van der Waals surface area contributed by atoms with Crippen molar-refractivity contribution in [2.75, 3.05) is 13.6 Å². The lowest BCUT2D eigenvalue weighted by Gasteiger charge is -2.48. The van der Waals surface area contributed by atoms with Gasteiger partial charge in [-0.05, 0) is 50.6 Å². The SMILES string of the molecule is CNCC1CC2(CCCCCC2)C1. The van der Waals surface area contributed by atoms with E-state index < -0.39 is 0 Å². The van der Waals surface area contributed by atoms with E-state index in [0.29, 0.717) is 0 Å².